The fourth-order valence-electron chi connectivity index (χ4n) is 2.84. The van der Waals surface area contributed by atoms with Crippen LogP contribution >= 0.6 is 23.2 Å². The van der Waals surface area contributed by atoms with E-state index in [4.69, 9.17) is 37.4 Å². The molecule has 0 aromatic heterocycles. The van der Waals surface area contributed by atoms with E-state index < -0.39 is 11.9 Å². The highest BCUT2D eigenvalue weighted by atomic mass is 35.5. The standard InChI is InChI=1S/C25H22Cl2N2O5/c1-3-16-4-8-19(9-5-16)33-15-24(30)29-28-14-17-6-11-22(23(12-17)32-2)34-25(31)20-10-7-18(26)13-21(20)27/h4-14H,3,15H2,1-2H3,(H,29,30). The number of aryl methyl sites for hydroxylation is 1. The molecule has 0 bridgehead atoms. The number of ether oxygens (including phenoxy) is 3. The zero-order valence-electron chi connectivity index (χ0n) is 18.5. The second-order valence-electron chi connectivity index (χ2n) is 7.00. The molecule has 34 heavy (non-hydrogen) atoms. The van der Waals surface area contributed by atoms with E-state index >= 15 is 0 Å². The molecule has 3 aromatic carbocycles. The summed E-state index contributed by atoms with van der Waals surface area (Å²) in [5.74, 6) is 0.0343. The summed E-state index contributed by atoms with van der Waals surface area (Å²) in [4.78, 5) is 24.4. The first kappa shape index (κ1) is 25.1. The summed E-state index contributed by atoms with van der Waals surface area (Å²) in [6.45, 7) is 1.89. The van der Waals surface area contributed by atoms with E-state index in [0.717, 1.165) is 6.42 Å². The van der Waals surface area contributed by atoms with Crippen molar-refractivity contribution in [3.63, 3.8) is 0 Å². The maximum Gasteiger partial charge on any atom is 0.345 e. The average Bonchev–Trinajstić information content (AvgIpc) is 2.83. The van der Waals surface area contributed by atoms with Gasteiger partial charge in [0.05, 0.1) is 23.9 Å². The Kier molecular flexibility index (Phi) is 8.90. The van der Waals surface area contributed by atoms with E-state index in [1.807, 2.05) is 24.3 Å². The summed E-state index contributed by atoms with van der Waals surface area (Å²) in [5.41, 5.74) is 4.36. The van der Waals surface area contributed by atoms with Crippen molar-refractivity contribution in [1.82, 2.24) is 5.43 Å². The van der Waals surface area contributed by atoms with Gasteiger partial charge in [-0.05, 0) is 66.1 Å². The number of hydrogen-bond acceptors (Lipinski definition) is 6. The van der Waals surface area contributed by atoms with Crippen molar-refractivity contribution in [3.8, 4) is 17.2 Å². The summed E-state index contributed by atoms with van der Waals surface area (Å²) < 4.78 is 16.1. The van der Waals surface area contributed by atoms with Gasteiger partial charge in [0.2, 0.25) is 0 Å². The van der Waals surface area contributed by atoms with Gasteiger partial charge in [0.1, 0.15) is 5.75 Å². The van der Waals surface area contributed by atoms with Crippen LogP contribution in [0.25, 0.3) is 0 Å². The zero-order chi connectivity index (χ0) is 24.5. The number of nitrogens with zero attached hydrogens (tertiary/aromatic N) is 1. The van der Waals surface area contributed by atoms with Crippen molar-refractivity contribution in [2.75, 3.05) is 13.7 Å². The predicted octanol–water partition coefficient (Wildman–Crippen LogP) is 5.31. The SMILES string of the molecule is CCc1ccc(OCC(=O)NN=Cc2ccc(OC(=O)c3ccc(Cl)cc3Cl)c(OC)c2)cc1. The maximum atomic E-state index is 12.5. The van der Waals surface area contributed by atoms with Crippen LogP contribution < -0.4 is 19.6 Å². The lowest BCUT2D eigenvalue weighted by molar-refractivity contribution is -0.123. The minimum atomic E-state index is -0.655. The zero-order valence-corrected chi connectivity index (χ0v) is 20.0. The molecule has 0 saturated heterocycles. The molecule has 0 unspecified atom stereocenters. The van der Waals surface area contributed by atoms with Crippen LogP contribution in [-0.2, 0) is 11.2 Å². The van der Waals surface area contributed by atoms with Gasteiger partial charge in [-0.1, -0.05) is 42.3 Å². The van der Waals surface area contributed by atoms with Crippen LogP contribution in [0.5, 0.6) is 17.2 Å². The van der Waals surface area contributed by atoms with Gasteiger partial charge in [-0.2, -0.15) is 5.10 Å². The Morgan fingerprint density at radius 3 is 2.44 bits per heavy atom. The van der Waals surface area contributed by atoms with Crippen molar-refractivity contribution in [2.45, 2.75) is 13.3 Å². The topological polar surface area (TPSA) is 86.2 Å². The molecule has 0 aliphatic heterocycles. The molecule has 0 aliphatic carbocycles. The Balaban J connectivity index is 1.56. The van der Waals surface area contributed by atoms with Gasteiger partial charge >= 0.3 is 5.97 Å². The quantitative estimate of drug-likeness (QED) is 0.186. The fourth-order valence-corrected chi connectivity index (χ4v) is 3.33. The molecule has 9 heteroatoms. The van der Waals surface area contributed by atoms with Crippen molar-refractivity contribution in [3.05, 3.63) is 87.4 Å². The van der Waals surface area contributed by atoms with Crippen LogP contribution in [0.3, 0.4) is 0 Å². The predicted molar refractivity (Wildman–Crippen MR) is 131 cm³/mol. The van der Waals surface area contributed by atoms with Crippen molar-refractivity contribution in [2.24, 2.45) is 5.10 Å². The maximum absolute atomic E-state index is 12.5. The smallest absolute Gasteiger partial charge is 0.345 e. The molecule has 0 heterocycles. The number of methoxy groups -OCH3 is 1. The van der Waals surface area contributed by atoms with Crippen LogP contribution in [0.4, 0.5) is 0 Å². The van der Waals surface area contributed by atoms with Gasteiger partial charge < -0.3 is 14.2 Å². The molecule has 0 spiro atoms. The number of nitrogens with one attached hydrogen (secondary N) is 1. The summed E-state index contributed by atoms with van der Waals surface area (Å²) in [5, 5.41) is 4.50. The molecule has 0 aliphatic rings. The number of halogens is 2. The normalized spacial score (nSPS) is 10.7. The van der Waals surface area contributed by atoms with Gasteiger partial charge in [0, 0.05) is 5.02 Å². The van der Waals surface area contributed by atoms with Crippen LogP contribution in [0.15, 0.2) is 65.8 Å². The third-order valence-corrected chi connectivity index (χ3v) is 5.19. The molecular formula is C25H22Cl2N2O5. The number of carbonyl (C=O) groups is 2. The molecule has 0 saturated carbocycles. The Labute approximate surface area is 207 Å². The van der Waals surface area contributed by atoms with Crippen molar-refractivity contribution in [1.29, 1.82) is 0 Å². The molecule has 3 aromatic rings. The number of benzene rings is 3. The van der Waals surface area contributed by atoms with E-state index in [2.05, 4.69) is 17.5 Å². The highest BCUT2D eigenvalue weighted by Crippen LogP contribution is 2.30. The first-order valence-corrected chi connectivity index (χ1v) is 11.0. The summed E-state index contributed by atoms with van der Waals surface area (Å²) >= 11 is 11.9. The minimum absolute atomic E-state index is 0.171. The third-order valence-electron chi connectivity index (χ3n) is 4.65. The van der Waals surface area contributed by atoms with E-state index in [1.165, 1.54) is 31.0 Å². The molecule has 0 fully saturated rings. The van der Waals surface area contributed by atoms with Gasteiger partial charge in [-0.25, -0.2) is 10.2 Å². The van der Waals surface area contributed by atoms with Crippen LogP contribution in [0.2, 0.25) is 10.0 Å². The third kappa shape index (κ3) is 6.97. The molecule has 3 rings (SSSR count). The number of amides is 1. The van der Waals surface area contributed by atoms with Crippen LogP contribution in [0.1, 0.15) is 28.4 Å². The van der Waals surface area contributed by atoms with E-state index in [-0.39, 0.29) is 22.9 Å². The molecule has 0 atom stereocenters. The summed E-state index contributed by atoms with van der Waals surface area (Å²) in [6, 6.07) is 16.8. The summed E-state index contributed by atoms with van der Waals surface area (Å²) in [7, 11) is 1.44. The number of carbonyl (C=O) groups excluding carboxylic acids is 2. The molecular weight excluding hydrogens is 479 g/mol. The van der Waals surface area contributed by atoms with E-state index in [0.29, 0.717) is 22.1 Å². The van der Waals surface area contributed by atoms with Crippen LogP contribution in [0, 0.1) is 0 Å². The highest BCUT2D eigenvalue weighted by molar-refractivity contribution is 6.36. The Bertz CT molecular complexity index is 1200. The van der Waals surface area contributed by atoms with Gasteiger partial charge in [0.15, 0.2) is 18.1 Å². The lowest BCUT2D eigenvalue weighted by Gasteiger charge is -2.10. The molecule has 176 valence electrons. The first-order valence-electron chi connectivity index (χ1n) is 10.3. The highest BCUT2D eigenvalue weighted by Gasteiger charge is 2.16. The number of hydrogen-bond donors (Lipinski definition) is 1. The summed E-state index contributed by atoms with van der Waals surface area (Å²) in [6.07, 6.45) is 2.36. The minimum Gasteiger partial charge on any atom is -0.493 e. The van der Waals surface area contributed by atoms with E-state index in [1.54, 1.807) is 24.3 Å². The van der Waals surface area contributed by atoms with Gasteiger partial charge in [-0.15, -0.1) is 0 Å². The van der Waals surface area contributed by atoms with Crippen molar-refractivity contribution < 1.29 is 23.8 Å². The monoisotopic (exact) mass is 500 g/mol. The van der Waals surface area contributed by atoms with E-state index in [9.17, 15) is 9.59 Å². The molecule has 7 nitrogen and oxygen atoms in total. The molecule has 1 amide bonds. The first-order chi connectivity index (χ1) is 16.4. The van der Waals surface area contributed by atoms with Crippen molar-refractivity contribution >= 4 is 41.3 Å². The lowest BCUT2D eigenvalue weighted by Crippen LogP contribution is -2.24. The fraction of sp³-hybridized carbons (Fsp3) is 0.160. The Morgan fingerprint density at radius 1 is 1.00 bits per heavy atom. The Morgan fingerprint density at radius 2 is 1.76 bits per heavy atom. The second kappa shape index (κ2) is 12.1. The molecule has 0 radical (unpaired) electrons. The second-order valence-corrected chi connectivity index (χ2v) is 7.85. The van der Waals surface area contributed by atoms with Crippen LogP contribution in [-0.4, -0.2) is 31.8 Å². The lowest BCUT2D eigenvalue weighted by atomic mass is 10.2. The number of rotatable bonds is 9. The number of hydrazone groups is 1. The van der Waals surface area contributed by atoms with Gasteiger partial charge in [0.25, 0.3) is 5.91 Å². The molecule has 1 N–H and O–H groups in total. The largest absolute Gasteiger partial charge is 0.493 e. The average molecular weight is 501 g/mol. The Hall–Kier alpha value is -3.55. The number of esters is 1. The van der Waals surface area contributed by atoms with Gasteiger partial charge in [-0.3, -0.25) is 4.79 Å².